The second-order valence-electron chi connectivity index (χ2n) is 5.36. The fourth-order valence-corrected chi connectivity index (χ4v) is 0.990. The van der Waals surface area contributed by atoms with Crippen LogP contribution in [0.4, 0.5) is 0 Å². The first kappa shape index (κ1) is 22.8. The van der Waals surface area contributed by atoms with Gasteiger partial charge in [-0.3, -0.25) is 0 Å². The summed E-state index contributed by atoms with van der Waals surface area (Å²) in [6, 6.07) is 0. The van der Waals surface area contributed by atoms with E-state index < -0.39 is 36.5 Å². The minimum absolute atomic E-state index is 0.0434. The second kappa shape index (κ2) is 9.97. The predicted octanol–water partition coefficient (Wildman–Crippen LogP) is 2.28. The van der Waals surface area contributed by atoms with E-state index in [1.807, 2.05) is 0 Å². The van der Waals surface area contributed by atoms with E-state index in [0.717, 1.165) is 0 Å². The molecule has 0 atom stereocenters. The van der Waals surface area contributed by atoms with Gasteiger partial charge in [0.25, 0.3) is 0 Å². The average Bonchev–Trinajstić information content (AvgIpc) is 2.52. The summed E-state index contributed by atoms with van der Waals surface area (Å²) in [5.41, 5.74) is -0.188. The van der Waals surface area contributed by atoms with Crippen molar-refractivity contribution in [2.45, 2.75) is 34.0 Å². The van der Waals surface area contributed by atoms with Crippen LogP contribution in [0.15, 0.2) is 48.6 Å². The molecule has 0 aliphatic heterocycles. The minimum Gasteiger partial charge on any atom is -0.413 e. The van der Waals surface area contributed by atoms with Gasteiger partial charge in [0.2, 0.25) is 0 Å². The fourth-order valence-electron chi connectivity index (χ4n) is 0.990. The lowest BCUT2D eigenvalue weighted by Gasteiger charge is -2.24. The van der Waals surface area contributed by atoms with E-state index >= 15 is 0 Å². The Morgan fingerprint density at radius 3 is 1.08 bits per heavy atom. The van der Waals surface area contributed by atoms with E-state index in [1.54, 1.807) is 0 Å². The van der Waals surface area contributed by atoms with Gasteiger partial charge in [0.05, 0.1) is 0 Å². The van der Waals surface area contributed by atoms with Gasteiger partial charge in [0.15, 0.2) is 0 Å². The maximum atomic E-state index is 11.8. The Labute approximate surface area is 151 Å². The largest absolute Gasteiger partial charge is 0.420 e. The van der Waals surface area contributed by atoms with Gasteiger partial charge in [-0.25, -0.2) is 19.2 Å². The predicted molar refractivity (Wildman–Crippen MR) is 90.7 cm³/mol. The number of rotatable bonds is 9. The molecule has 0 spiro atoms. The monoisotopic (exact) mass is 365 g/mol. The van der Waals surface area contributed by atoms with Crippen molar-refractivity contribution in [1.82, 2.24) is 0 Å². The number of ether oxygens (including phenoxy) is 4. The lowest BCUT2D eigenvalue weighted by atomic mass is 10.3. The van der Waals surface area contributed by atoms with Crippen LogP contribution in [0, 0.1) is 6.29 Å². The molecule has 0 saturated heterocycles. The molecule has 0 fully saturated rings. The summed E-state index contributed by atoms with van der Waals surface area (Å²) < 4.78 is 19.4. The molecule has 0 unspecified atom stereocenters. The highest BCUT2D eigenvalue weighted by Crippen LogP contribution is 2.21. The number of carbonyl (C=O) groups excluding carboxylic acids is 4. The third-order valence-corrected chi connectivity index (χ3v) is 2.40. The van der Waals surface area contributed by atoms with Crippen molar-refractivity contribution < 1.29 is 38.1 Å². The molecular formula is C18H21O8. The summed E-state index contributed by atoms with van der Waals surface area (Å²) in [5, 5.41) is 0. The van der Waals surface area contributed by atoms with Crippen molar-refractivity contribution in [3.8, 4) is 0 Å². The number of esters is 4. The Kier molecular flexibility index (Phi) is 8.76. The number of hydrogen-bond donors (Lipinski definition) is 0. The Bertz CT molecular complexity index is 557. The van der Waals surface area contributed by atoms with Crippen LogP contribution in [0.25, 0.3) is 0 Å². The van der Waals surface area contributed by atoms with Gasteiger partial charge < -0.3 is 18.9 Å². The van der Waals surface area contributed by atoms with Crippen LogP contribution in [0.3, 0.4) is 0 Å². The van der Waals surface area contributed by atoms with Crippen LogP contribution in [0.2, 0.25) is 0 Å². The molecule has 0 aliphatic rings. The van der Waals surface area contributed by atoms with Crippen molar-refractivity contribution >= 4 is 23.9 Å². The molecule has 0 aromatic rings. The van der Waals surface area contributed by atoms with Gasteiger partial charge >= 0.3 is 36.5 Å². The summed E-state index contributed by atoms with van der Waals surface area (Å²) >= 11 is 0. The lowest BCUT2D eigenvalue weighted by molar-refractivity contribution is -0.217. The molecule has 141 valence electrons. The molecule has 8 heteroatoms. The molecule has 1 radical (unpaired) electrons. The number of hydrogen-bond acceptors (Lipinski definition) is 8. The SMILES string of the molecule is C=C(C)C(=O)O[C](OC(=O)C(=C)C)C(OC(=O)C(=C)C)OC(=O)C(=C)C. The third kappa shape index (κ3) is 7.61. The summed E-state index contributed by atoms with van der Waals surface area (Å²) in [4.78, 5) is 47.1. The summed E-state index contributed by atoms with van der Waals surface area (Å²) in [6.07, 6.45) is -2.87. The summed E-state index contributed by atoms with van der Waals surface area (Å²) in [7, 11) is 0. The van der Waals surface area contributed by atoms with Gasteiger partial charge in [-0.2, -0.15) is 0 Å². The van der Waals surface area contributed by atoms with Gasteiger partial charge in [-0.1, -0.05) is 26.3 Å². The van der Waals surface area contributed by atoms with Gasteiger partial charge in [0.1, 0.15) is 0 Å². The first-order valence-electron chi connectivity index (χ1n) is 7.22. The van der Waals surface area contributed by atoms with Crippen molar-refractivity contribution in [2.24, 2.45) is 0 Å². The van der Waals surface area contributed by atoms with Crippen LogP contribution < -0.4 is 0 Å². The van der Waals surface area contributed by atoms with Crippen LogP contribution in [0.5, 0.6) is 0 Å². The van der Waals surface area contributed by atoms with E-state index in [2.05, 4.69) is 26.3 Å². The lowest BCUT2D eigenvalue weighted by Crippen LogP contribution is -2.36. The molecule has 0 aliphatic carbocycles. The molecule has 0 rings (SSSR count). The Hall–Kier alpha value is -3.16. The van der Waals surface area contributed by atoms with Crippen LogP contribution in [-0.4, -0.2) is 30.2 Å². The zero-order valence-electron chi connectivity index (χ0n) is 15.2. The first-order chi connectivity index (χ1) is 11.9. The average molecular weight is 365 g/mol. The molecule has 0 aromatic carbocycles. The van der Waals surface area contributed by atoms with Crippen molar-refractivity contribution in [3.63, 3.8) is 0 Å². The van der Waals surface area contributed by atoms with E-state index in [9.17, 15) is 19.2 Å². The molecule has 0 saturated carbocycles. The van der Waals surface area contributed by atoms with Crippen LogP contribution in [0.1, 0.15) is 27.7 Å². The maximum Gasteiger partial charge on any atom is 0.420 e. The highest BCUT2D eigenvalue weighted by molar-refractivity contribution is 5.91. The fraction of sp³-hybridized carbons (Fsp3) is 0.278. The summed E-state index contributed by atoms with van der Waals surface area (Å²) in [5.74, 6) is -3.98. The zero-order chi connectivity index (χ0) is 20.6. The minimum atomic E-state index is -1.98. The van der Waals surface area contributed by atoms with Gasteiger partial charge in [-0.05, 0) is 27.7 Å². The van der Waals surface area contributed by atoms with Gasteiger partial charge in [-0.15, -0.1) is 0 Å². The standard InChI is InChI=1S/C18H21O8/c1-9(2)13(19)23-17(24-14(20)10(3)4)18(25-15(21)11(5)6)26-16(22)12(7)8/h17H,1,3,5,7H2,2,4,6,8H3. The molecule has 0 N–H and O–H groups in total. The highest BCUT2D eigenvalue weighted by atomic mass is 16.8. The normalized spacial score (nSPS) is 9.92. The number of carbonyl (C=O) groups is 4. The second-order valence-corrected chi connectivity index (χ2v) is 5.36. The van der Waals surface area contributed by atoms with Crippen molar-refractivity contribution in [2.75, 3.05) is 0 Å². The van der Waals surface area contributed by atoms with Crippen molar-refractivity contribution in [3.05, 3.63) is 54.9 Å². The Morgan fingerprint density at radius 2 is 0.846 bits per heavy atom. The van der Waals surface area contributed by atoms with Crippen molar-refractivity contribution in [1.29, 1.82) is 0 Å². The van der Waals surface area contributed by atoms with Gasteiger partial charge in [0, 0.05) is 22.3 Å². The highest BCUT2D eigenvalue weighted by Gasteiger charge is 2.39. The Balaban J connectivity index is 5.75. The molecule has 0 bridgehead atoms. The quantitative estimate of drug-likeness (QED) is 0.348. The van der Waals surface area contributed by atoms with E-state index in [-0.39, 0.29) is 22.3 Å². The van der Waals surface area contributed by atoms with E-state index in [4.69, 9.17) is 18.9 Å². The zero-order valence-corrected chi connectivity index (χ0v) is 15.2. The first-order valence-corrected chi connectivity index (χ1v) is 7.22. The van der Waals surface area contributed by atoms with Crippen LogP contribution in [-0.2, 0) is 38.1 Å². The molecular weight excluding hydrogens is 344 g/mol. The topological polar surface area (TPSA) is 105 Å². The molecule has 0 heterocycles. The smallest absolute Gasteiger partial charge is 0.413 e. The molecule has 26 heavy (non-hydrogen) atoms. The Morgan fingerprint density at radius 1 is 0.577 bits per heavy atom. The van der Waals surface area contributed by atoms with E-state index in [0.29, 0.717) is 0 Å². The maximum absolute atomic E-state index is 11.8. The van der Waals surface area contributed by atoms with E-state index in [1.165, 1.54) is 27.7 Å². The third-order valence-electron chi connectivity index (χ3n) is 2.40. The van der Waals surface area contributed by atoms with Crippen LogP contribution >= 0.6 is 0 Å². The summed E-state index contributed by atoms with van der Waals surface area (Å²) in [6.45, 7) is 18.8. The molecule has 0 amide bonds. The molecule has 8 nitrogen and oxygen atoms in total. The molecule has 0 aromatic heterocycles.